The van der Waals surface area contributed by atoms with Crippen LogP contribution in [0.1, 0.15) is 62.0 Å². The molecule has 1 fully saturated rings. The Bertz CT molecular complexity index is 814. The van der Waals surface area contributed by atoms with E-state index in [-0.39, 0.29) is 35.6 Å². The molecule has 0 radical (unpaired) electrons. The van der Waals surface area contributed by atoms with E-state index in [2.05, 4.69) is 5.32 Å². The van der Waals surface area contributed by atoms with Gasteiger partial charge in [-0.15, -0.1) is 0 Å². The Balaban J connectivity index is 2.14. The van der Waals surface area contributed by atoms with Gasteiger partial charge in [-0.3, -0.25) is 4.79 Å². The van der Waals surface area contributed by atoms with Gasteiger partial charge in [-0.1, -0.05) is 25.1 Å². The van der Waals surface area contributed by atoms with Crippen molar-refractivity contribution >= 4 is 17.6 Å². The fourth-order valence-electron chi connectivity index (χ4n) is 3.80. The van der Waals surface area contributed by atoms with Crippen molar-refractivity contribution < 1.29 is 29.3 Å². The van der Waals surface area contributed by atoms with Gasteiger partial charge in [-0.2, -0.15) is 0 Å². The Morgan fingerprint density at radius 1 is 1.23 bits per heavy atom. The maximum atomic E-state index is 12.8. The van der Waals surface area contributed by atoms with E-state index in [9.17, 15) is 19.8 Å². The van der Waals surface area contributed by atoms with Crippen molar-refractivity contribution in [3.05, 3.63) is 41.0 Å². The number of carbonyl (C=O) groups excluding carboxylic acids is 1. The Hall–Kier alpha value is -2.22. The highest BCUT2D eigenvalue weighted by Crippen LogP contribution is 2.34. The Kier molecular flexibility index (Phi) is 7.80. The summed E-state index contributed by atoms with van der Waals surface area (Å²) < 4.78 is 12.0. The zero-order chi connectivity index (χ0) is 22.6. The van der Waals surface area contributed by atoms with Crippen LogP contribution in [0.2, 0.25) is 0 Å². The van der Waals surface area contributed by atoms with Gasteiger partial charge in [0.05, 0.1) is 36.0 Å². The first-order chi connectivity index (χ1) is 13.9. The smallest absolute Gasteiger partial charge is 0.338 e. The number of carboxylic acid groups (broad SMARTS) is 1. The van der Waals surface area contributed by atoms with Crippen LogP contribution >= 0.6 is 0 Å². The first-order valence-electron chi connectivity index (χ1n) is 10.2. The summed E-state index contributed by atoms with van der Waals surface area (Å²) in [5.74, 6) is -2.27. The lowest BCUT2D eigenvalue weighted by molar-refractivity contribution is -0.150. The lowest BCUT2D eigenvalue weighted by atomic mass is 9.96. The molecule has 1 aliphatic rings. The van der Waals surface area contributed by atoms with Crippen LogP contribution in [-0.4, -0.2) is 46.2 Å². The number of carboxylic acids is 1. The lowest BCUT2D eigenvalue weighted by Crippen LogP contribution is -2.32. The predicted octanol–water partition coefficient (Wildman–Crippen LogP) is 3.81. The molecule has 1 unspecified atom stereocenters. The highest BCUT2D eigenvalue weighted by atomic mass is 16.8. The number of carbonyl (C=O) groups is 2. The molecule has 0 bridgehead atoms. The summed E-state index contributed by atoms with van der Waals surface area (Å²) in [5, 5.41) is 21.7. The molecule has 30 heavy (non-hydrogen) atoms. The number of amides is 1. The minimum Gasteiger partial charge on any atom is -0.478 e. The first-order valence-corrected chi connectivity index (χ1v) is 10.2. The van der Waals surface area contributed by atoms with Crippen LogP contribution in [0.4, 0.5) is 5.69 Å². The van der Waals surface area contributed by atoms with E-state index in [4.69, 9.17) is 9.47 Å². The third kappa shape index (κ3) is 6.39. The summed E-state index contributed by atoms with van der Waals surface area (Å²) in [6, 6.07) is 3.43. The molecule has 1 aliphatic heterocycles. The molecule has 2 rings (SSSR count). The number of benzene rings is 1. The van der Waals surface area contributed by atoms with E-state index < -0.39 is 24.0 Å². The second kappa shape index (κ2) is 9.73. The Morgan fingerprint density at radius 3 is 2.50 bits per heavy atom. The molecule has 4 atom stereocenters. The average Bonchev–Trinajstić information content (AvgIpc) is 2.87. The monoisotopic (exact) mass is 419 g/mol. The molecule has 1 amide bonds. The fourth-order valence-corrected chi connectivity index (χ4v) is 3.80. The third-order valence-electron chi connectivity index (χ3n) is 5.01. The van der Waals surface area contributed by atoms with Crippen LogP contribution in [-0.2, 0) is 14.3 Å². The third-order valence-corrected chi connectivity index (χ3v) is 5.01. The van der Waals surface area contributed by atoms with Crippen LogP contribution in [0.3, 0.4) is 0 Å². The van der Waals surface area contributed by atoms with Crippen LogP contribution < -0.4 is 5.32 Å². The maximum absolute atomic E-state index is 12.8. The van der Waals surface area contributed by atoms with E-state index in [0.29, 0.717) is 12.0 Å². The molecule has 1 aromatic rings. The van der Waals surface area contributed by atoms with Crippen molar-refractivity contribution in [1.82, 2.24) is 0 Å². The molecule has 0 aliphatic carbocycles. The van der Waals surface area contributed by atoms with Crippen molar-refractivity contribution in [2.24, 2.45) is 5.92 Å². The number of rotatable bonds is 8. The molecular formula is C23H33NO6. The Labute approximate surface area is 178 Å². The topological polar surface area (TPSA) is 105 Å². The molecule has 7 nitrogen and oxygen atoms in total. The first kappa shape index (κ1) is 24.1. The highest BCUT2D eigenvalue weighted by Gasteiger charge is 2.44. The van der Waals surface area contributed by atoms with Gasteiger partial charge in [-0.05, 0) is 58.2 Å². The maximum Gasteiger partial charge on any atom is 0.338 e. The van der Waals surface area contributed by atoms with E-state index in [1.165, 1.54) is 0 Å². The molecule has 1 heterocycles. The van der Waals surface area contributed by atoms with E-state index in [1.54, 1.807) is 39.8 Å². The van der Waals surface area contributed by atoms with Crippen molar-refractivity contribution in [3.8, 4) is 0 Å². The number of ether oxygens (including phenoxy) is 2. The van der Waals surface area contributed by atoms with Gasteiger partial charge in [0.15, 0.2) is 5.79 Å². The number of aromatic carboxylic acids is 1. The average molecular weight is 420 g/mol. The summed E-state index contributed by atoms with van der Waals surface area (Å²) >= 11 is 0. The summed E-state index contributed by atoms with van der Waals surface area (Å²) in [5.41, 5.74) is 1.83. The van der Waals surface area contributed by atoms with E-state index in [0.717, 1.165) is 5.56 Å². The molecule has 1 aromatic carbocycles. The normalized spacial score (nSPS) is 22.8. The zero-order valence-corrected chi connectivity index (χ0v) is 18.6. The summed E-state index contributed by atoms with van der Waals surface area (Å²) in [7, 11) is 0. The van der Waals surface area contributed by atoms with Crippen LogP contribution in [0.5, 0.6) is 0 Å². The van der Waals surface area contributed by atoms with Gasteiger partial charge in [0.2, 0.25) is 5.91 Å². The quantitative estimate of drug-likeness (QED) is 0.554. The fraction of sp³-hybridized carbons (Fsp3) is 0.565. The number of aliphatic hydroxyl groups excluding tert-OH is 1. The van der Waals surface area contributed by atoms with E-state index >= 15 is 0 Å². The van der Waals surface area contributed by atoms with Gasteiger partial charge < -0.3 is 25.0 Å². The van der Waals surface area contributed by atoms with Crippen molar-refractivity contribution in [2.45, 2.75) is 78.5 Å². The summed E-state index contributed by atoms with van der Waals surface area (Å²) in [6.45, 7) is 10.9. The molecule has 7 heteroatoms. The minimum absolute atomic E-state index is 0.0286. The number of anilines is 1. The predicted molar refractivity (Wildman–Crippen MR) is 115 cm³/mol. The molecule has 1 saturated heterocycles. The van der Waals surface area contributed by atoms with E-state index in [1.807, 2.05) is 26.0 Å². The highest BCUT2D eigenvalue weighted by molar-refractivity contribution is 6.01. The summed E-state index contributed by atoms with van der Waals surface area (Å²) in [6.07, 6.45) is 3.19. The van der Waals surface area contributed by atoms with Gasteiger partial charge in [0, 0.05) is 5.92 Å². The van der Waals surface area contributed by atoms with Gasteiger partial charge in [-0.25, -0.2) is 4.79 Å². The van der Waals surface area contributed by atoms with Crippen LogP contribution in [0.25, 0.3) is 0 Å². The van der Waals surface area contributed by atoms with Crippen LogP contribution in [0.15, 0.2) is 24.3 Å². The molecule has 3 N–H and O–H groups in total. The van der Waals surface area contributed by atoms with Crippen molar-refractivity contribution in [3.63, 3.8) is 0 Å². The lowest BCUT2D eigenvalue weighted by Gasteiger charge is -2.21. The number of aliphatic hydroxyl groups is 1. The number of nitrogens with one attached hydrogen (secondary N) is 1. The Morgan fingerprint density at radius 2 is 1.90 bits per heavy atom. The second-order valence-corrected chi connectivity index (χ2v) is 8.57. The van der Waals surface area contributed by atoms with Crippen molar-refractivity contribution in [1.29, 1.82) is 0 Å². The number of hydrogen-bond acceptors (Lipinski definition) is 5. The minimum atomic E-state index is -1.08. The number of hydrogen-bond donors (Lipinski definition) is 3. The largest absolute Gasteiger partial charge is 0.478 e. The molecule has 0 spiro atoms. The van der Waals surface area contributed by atoms with Gasteiger partial charge in [0.25, 0.3) is 0 Å². The number of aryl methyl sites for hydroxylation is 2. The molecule has 0 aromatic heterocycles. The molecular weight excluding hydrogens is 386 g/mol. The molecule has 166 valence electrons. The zero-order valence-electron chi connectivity index (χ0n) is 18.6. The second-order valence-electron chi connectivity index (χ2n) is 8.57. The SMILES string of the molecule is Cc1cc(C)c(C(=O)O)c(NC(=O)C[C@H]2OC(C)(C)O[C@@H]2C(C)/C=C\C[C@@H](C)O)c1. The van der Waals surface area contributed by atoms with Crippen molar-refractivity contribution in [2.75, 3.05) is 5.32 Å². The molecule has 0 saturated carbocycles. The van der Waals surface area contributed by atoms with Gasteiger partial charge >= 0.3 is 5.97 Å². The standard InChI is InChI=1S/C23H33NO6/c1-13-10-15(3)20(22(27)28)17(11-13)24-19(26)12-18-21(30-23(5,6)29-18)14(2)8-7-9-16(4)25/h7-8,10-11,14,16,18,21,25H,9,12H2,1-6H3,(H,24,26)(H,27,28)/b8-7-/t14?,16-,18-,21-/m1/s1. The summed E-state index contributed by atoms with van der Waals surface area (Å²) in [4.78, 5) is 24.4. The van der Waals surface area contributed by atoms with Crippen LogP contribution in [0, 0.1) is 19.8 Å². The van der Waals surface area contributed by atoms with Gasteiger partial charge in [0.1, 0.15) is 0 Å².